The molecule has 0 amide bonds. The summed E-state index contributed by atoms with van der Waals surface area (Å²) in [6.45, 7) is 4.36. The molecule has 5 heteroatoms. The number of aliphatic carboxylic acids is 1. The maximum atomic E-state index is 11.1. The molecule has 0 saturated carbocycles. The van der Waals surface area contributed by atoms with Crippen molar-refractivity contribution in [3.63, 3.8) is 0 Å². The van der Waals surface area contributed by atoms with Gasteiger partial charge >= 0.3 is 5.97 Å². The number of halogens is 1. The third-order valence-corrected chi connectivity index (χ3v) is 3.74. The van der Waals surface area contributed by atoms with Crippen molar-refractivity contribution in [3.05, 3.63) is 40.5 Å². The third-order valence-electron chi connectivity index (χ3n) is 3.41. The van der Waals surface area contributed by atoms with Crippen LogP contribution < -0.4 is 5.32 Å². The molecule has 0 saturated heterocycles. The van der Waals surface area contributed by atoms with Crippen LogP contribution in [0.25, 0.3) is 10.9 Å². The Morgan fingerprint density at radius 1 is 1.43 bits per heavy atom. The highest BCUT2D eigenvalue weighted by Crippen LogP contribution is 2.21. The molecule has 0 radical (unpaired) electrons. The molecule has 1 heterocycles. The molecule has 21 heavy (non-hydrogen) atoms. The van der Waals surface area contributed by atoms with Crippen LogP contribution in [0.2, 0.25) is 5.15 Å². The quantitative estimate of drug-likeness (QED) is 0.801. The standard InChI is InChI=1S/C16H19ClN2O2/c1-3-4-13(16(20)21)18-9-12-8-11-6-5-10(2)7-14(11)19-15(12)17/h5-8,13,18H,3-4,9H2,1-2H3,(H,20,21). The maximum absolute atomic E-state index is 11.1. The Balaban J connectivity index is 2.20. The Morgan fingerprint density at radius 3 is 2.86 bits per heavy atom. The first-order valence-electron chi connectivity index (χ1n) is 7.03. The summed E-state index contributed by atoms with van der Waals surface area (Å²) < 4.78 is 0. The molecule has 1 unspecified atom stereocenters. The van der Waals surface area contributed by atoms with Gasteiger partial charge in [-0.3, -0.25) is 4.79 Å². The molecule has 1 aromatic heterocycles. The van der Waals surface area contributed by atoms with Gasteiger partial charge in [-0.25, -0.2) is 4.98 Å². The smallest absolute Gasteiger partial charge is 0.320 e. The monoisotopic (exact) mass is 306 g/mol. The SMILES string of the molecule is CCCC(NCc1cc2ccc(C)cc2nc1Cl)C(=O)O. The number of carboxylic acids is 1. The lowest BCUT2D eigenvalue weighted by molar-refractivity contribution is -0.139. The number of nitrogens with zero attached hydrogens (tertiary/aromatic N) is 1. The summed E-state index contributed by atoms with van der Waals surface area (Å²) in [5.74, 6) is -0.836. The van der Waals surface area contributed by atoms with E-state index in [0.717, 1.165) is 28.5 Å². The minimum absolute atomic E-state index is 0.395. The van der Waals surface area contributed by atoms with Gasteiger partial charge in [0.1, 0.15) is 11.2 Å². The van der Waals surface area contributed by atoms with Crippen molar-refractivity contribution < 1.29 is 9.90 Å². The highest BCUT2D eigenvalue weighted by atomic mass is 35.5. The number of nitrogens with one attached hydrogen (secondary N) is 1. The zero-order valence-electron chi connectivity index (χ0n) is 12.2. The molecule has 4 nitrogen and oxygen atoms in total. The van der Waals surface area contributed by atoms with Gasteiger partial charge in [-0.2, -0.15) is 0 Å². The summed E-state index contributed by atoms with van der Waals surface area (Å²) in [6.07, 6.45) is 1.40. The minimum atomic E-state index is -0.836. The van der Waals surface area contributed by atoms with Gasteiger partial charge in [-0.05, 0) is 31.0 Å². The van der Waals surface area contributed by atoms with E-state index in [0.29, 0.717) is 18.1 Å². The van der Waals surface area contributed by atoms with Gasteiger partial charge in [-0.15, -0.1) is 0 Å². The van der Waals surface area contributed by atoms with Crippen molar-refractivity contribution >= 4 is 28.5 Å². The summed E-state index contributed by atoms with van der Waals surface area (Å²) in [6, 6.07) is 7.40. The molecular weight excluding hydrogens is 288 g/mol. The molecule has 0 aliphatic heterocycles. The lowest BCUT2D eigenvalue weighted by Crippen LogP contribution is -2.36. The summed E-state index contributed by atoms with van der Waals surface area (Å²) >= 11 is 6.20. The van der Waals surface area contributed by atoms with E-state index in [9.17, 15) is 4.79 Å². The van der Waals surface area contributed by atoms with Crippen molar-refractivity contribution in [2.75, 3.05) is 0 Å². The molecule has 0 fully saturated rings. The average molecular weight is 307 g/mol. The predicted octanol–water partition coefficient (Wildman–Crippen LogP) is 3.54. The molecule has 2 rings (SSSR count). The summed E-state index contributed by atoms with van der Waals surface area (Å²) in [4.78, 5) is 15.5. The Morgan fingerprint density at radius 2 is 2.19 bits per heavy atom. The van der Waals surface area contributed by atoms with Crippen LogP contribution in [0.3, 0.4) is 0 Å². The predicted molar refractivity (Wildman–Crippen MR) is 84.7 cm³/mol. The van der Waals surface area contributed by atoms with Crippen LogP contribution in [0, 0.1) is 6.92 Å². The number of carbonyl (C=O) groups is 1. The van der Waals surface area contributed by atoms with Crippen LogP contribution in [0.5, 0.6) is 0 Å². The number of aromatic nitrogens is 1. The van der Waals surface area contributed by atoms with Crippen LogP contribution in [0.1, 0.15) is 30.9 Å². The van der Waals surface area contributed by atoms with Crippen LogP contribution >= 0.6 is 11.6 Å². The van der Waals surface area contributed by atoms with E-state index in [-0.39, 0.29) is 0 Å². The Bertz CT molecular complexity index is 658. The first kappa shape index (κ1) is 15.7. The zero-order chi connectivity index (χ0) is 15.4. The van der Waals surface area contributed by atoms with Gasteiger partial charge in [0.25, 0.3) is 0 Å². The zero-order valence-corrected chi connectivity index (χ0v) is 12.9. The molecule has 2 aromatic rings. The third kappa shape index (κ3) is 3.93. The number of fused-ring (bicyclic) bond motifs is 1. The van der Waals surface area contributed by atoms with E-state index in [1.807, 2.05) is 38.1 Å². The molecule has 1 aromatic carbocycles. The lowest BCUT2D eigenvalue weighted by atomic mass is 10.1. The summed E-state index contributed by atoms with van der Waals surface area (Å²) in [5, 5.41) is 13.6. The molecule has 112 valence electrons. The van der Waals surface area contributed by atoms with E-state index in [2.05, 4.69) is 10.3 Å². The molecule has 0 spiro atoms. The Hall–Kier alpha value is -1.65. The van der Waals surface area contributed by atoms with Crippen molar-refractivity contribution in [3.8, 4) is 0 Å². The number of hydrogen-bond acceptors (Lipinski definition) is 3. The van der Waals surface area contributed by atoms with Crippen LogP contribution in [-0.2, 0) is 11.3 Å². The van der Waals surface area contributed by atoms with Gasteiger partial charge in [-0.1, -0.05) is 37.1 Å². The fourth-order valence-electron chi connectivity index (χ4n) is 2.26. The summed E-state index contributed by atoms with van der Waals surface area (Å²) in [5.41, 5.74) is 2.80. The molecular formula is C16H19ClN2O2. The van der Waals surface area contributed by atoms with Gasteiger partial charge in [0.05, 0.1) is 5.52 Å². The summed E-state index contributed by atoms with van der Waals surface area (Å²) in [7, 11) is 0. The average Bonchev–Trinajstić information content (AvgIpc) is 2.43. The number of aryl methyl sites for hydroxylation is 1. The molecule has 2 N–H and O–H groups in total. The van der Waals surface area contributed by atoms with Gasteiger partial charge in [0.2, 0.25) is 0 Å². The van der Waals surface area contributed by atoms with E-state index in [1.54, 1.807) is 0 Å². The number of hydrogen-bond donors (Lipinski definition) is 2. The van der Waals surface area contributed by atoms with Crippen molar-refractivity contribution in [1.82, 2.24) is 10.3 Å². The fourth-order valence-corrected chi connectivity index (χ4v) is 2.47. The van der Waals surface area contributed by atoms with Gasteiger partial charge in [0, 0.05) is 17.5 Å². The van der Waals surface area contributed by atoms with E-state index < -0.39 is 12.0 Å². The second-order valence-corrected chi connectivity index (χ2v) is 5.55. The van der Waals surface area contributed by atoms with Gasteiger partial charge < -0.3 is 10.4 Å². The number of rotatable bonds is 6. The van der Waals surface area contributed by atoms with Crippen LogP contribution in [-0.4, -0.2) is 22.1 Å². The van der Waals surface area contributed by atoms with Crippen LogP contribution in [0.15, 0.2) is 24.3 Å². The second-order valence-electron chi connectivity index (χ2n) is 5.19. The van der Waals surface area contributed by atoms with Crippen LogP contribution in [0.4, 0.5) is 0 Å². The maximum Gasteiger partial charge on any atom is 0.320 e. The van der Waals surface area contributed by atoms with Gasteiger partial charge in [0.15, 0.2) is 0 Å². The molecule has 0 bridgehead atoms. The number of benzene rings is 1. The number of carboxylic acid groups (broad SMARTS) is 1. The van der Waals surface area contributed by atoms with E-state index in [1.165, 1.54) is 0 Å². The normalized spacial score (nSPS) is 12.5. The molecule has 0 aliphatic rings. The first-order chi connectivity index (χ1) is 10.0. The topological polar surface area (TPSA) is 62.2 Å². The van der Waals surface area contributed by atoms with E-state index >= 15 is 0 Å². The highest BCUT2D eigenvalue weighted by molar-refractivity contribution is 6.30. The fraction of sp³-hybridized carbons (Fsp3) is 0.375. The lowest BCUT2D eigenvalue weighted by Gasteiger charge is -2.14. The van der Waals surface area contributed by atoms with E-state index in [4.69, 9.17) is 16.7 Å². The van der Waals surface area contributed by atoms with Crippen molar-refractivity contribution in [2.45, 2.75) is 39.3 Å². The van der Waals surface area contributed by atoms with Crippen molar-refractivity contribution in [2.24, 2.45) is 0 Å². The molecule has 1 atom stereocenters. The van der Waals surface area contributed by atoms with Crippen molar-refractivity contribution in [1.29, 1.82) is 0 Å². The number of pyridine rings is 1. The first-order valence-corrected chi connectivity index (χ1v) is 7.41. The Labute approximate surface area is 129 Å². The minimum Gasteiger partial charge on any atom is -0.480 e. The highest BCUT2D eigenvalue weighted by Gasteiger charge is 2.16. The Kier molecular flexibility index (Phi) is 5.15. The molecule has 0 aliphatic carbocycles. The largest absolute Gasteiger partial charge is 0.480 e. The second kappa shape index (κ2) is 6.87.